The number of nitrogens with zero attached hydrogens (tertiary/aromatic N) is 2. The highest BCUT2D eigenvalue weighted by Crippen LogP contribution is 2.16. The molecule has 0 amide bonds. The highest BCUT2D eigenvalue weighted by atomic mass is 35.5. The number of ether oxygens (including phenoxy) is 1. The van der Waals surface area contributed by atoms with Crippen molar-refractivity contribution < 1.29 is 4.74 Å². The largest absolute Gasteiger partial charge is 0.478 e. The van der Waals surface area contributed by atoms with Crippen molar-refractivity contribution in [3.05, 3.63) is 18.1 Å². The Kier molecular flexibility index (Phi) is 4.82. The Hall–Kier alpha value is -0.830. The van der Waals surface area contributed by atoms with Gasteiger partial charge in [-0.25, -0.2) is 9.97 Å². The molecule has 0 N–H and O–H groups in total. The Morgan fingerprint density at radius 1 is 1.40 bits per heavy atom. The SMILES string of the molecule is CCOc1cc(CC(Cl)C(C)C)ncn1. The first kappa shape index (κ1) is 12.2. The second-order valence-corrected chi connectivity index (χ2v) is 4.31. The highest BCUT2D eigenvalue weighted by molar-refractivity contribution is 6.20. The van der Waals surface area contributed by atoms with E-state index in [0.29, 0.717) is 18.4 Å². The average Bonchev–Trinajstić information content (AvgIpc) is 2.18. The third kappa shape index (κ3) is 4.04. The molecule has 4 heteroatoms. The molecular formula is C11H17ClN2O. The van der Waals surface area contributed by atoms with E-state index in [0.717, 1.165) is 12.1 Å². The topological polar surface area (TPSA) is 35.0 Å². The molecule has 0 saturated carbocycles. The van der Waals surface area contributed by atoms with E-state index in [-0.39, 0.29) is 5.38 Å². The van der Waals surface area contributed by atoms with Gasteiger partial charge >= 0.3 is 0 Å². The summed E-state index contributed by atoms with van der Waals surface area (Å²) in [5, 5.41) is 0.106. The van der Waals surface area contributed by atoms with E-state index in [1.54, 1.807) is 0 Å². The first-order chi connectivity index (χ1) is 7.13. The summed E-state index contributed by atoms with van der Waals surface area (Å²) in [6, 6.07) is 1.85. The van der Waals surface area contributed by atoms with Crippen molar-refractivity contribution in [3.8, 4) is 5.88 Å². The van der Waals surface area contributed by atoms with Gasteiger partial charge in [0.1, 0.15) is 6.33 Å². The second kappa shape index (κ2) is 5.91. The van der Waals surface area contributed by atoms with Gasteiger partial charge in [0.25, 0.3) is 0 Å². The standard InChI is InChI=1S/C11H17ClN2O/c1-4-15-11-6-9(13-7-14-11)5-10(12)8(2)3/h6-8,10H,4-5H2,1-3H3. The fraction of sp³-hybridized carbons (Fsp3) is 0.636. The minimum Gasteiger partial charge on any atom is -0.478 e. The number of halogens is 1. The van der Waals surface area contributed by atoms with Crippen LogP contribution in [-0.4, -0.2) is 22.0 Å². The third-order valence-electron chi connectivity index (χ3n) is 2.12. The molecule has 84 valence electrons. The van der Waals surface area contributed by atoms with Crippen LogP contribution in [-0.2, 0) is 6.42 Å². The quantitative estimate of drug-likeness (QED) is 0.727. The summed E-state index contributed by atoms with van der Waals surface area (Å²) >= 11 is 6.18. The van der Waals surface area contributed by atoms with E-state index in [1.165, 1.54) is 6.33 Å². The van der Waals surface area contributed by atoms with Gasteiger partial charge in [0.05, 0.1) is 6.61 Å². The molecule has 3 nitrogen and oxygen atoms in total. The van der Waals surface area contributed by atoms with Gasteiger partial charge in [0.2, 0.25) is 5.88 Å². The molecule has 0 bridgehead atoms. The van der Waals surface area contributed by atoms with E-state index < -0.39 is 0 Å². The number of hydrogen-bond acceptors (Lipinski definition) is 3. The van der Waals surface area contributed by atoms with Crippen LogP contribution in [0.15, 0.2) is 12.4 Å². The van der Waals surface area contributed by atoms with Gasteiger partial charge in [0, 0.05) is 23.6 Å². The van der Waals surface area contributed by atoms with Crippen molar-refractivity contribution in [3.63, 3.8) is 0 Å². The molecule has 1 unspecified atom stereocenters. The molecule has 0 aliphatic rings. The lowest BCUT2D eigenvalue weighted by Gasteiger charge is -2.12. The van der Waals surface area contributed by atoms with Crippen molar-refractivity contribution in [1.29, 1.82) is 0 Å². The monoisotopic (exact) mass is 228 g/mol. The van der Waals surface area contributed by atoms with Gasteiger partial charge in [-0.2, -0.15) is 0 Å². The van der Waals surface area contributed by atoms with Crippen molar-refractivity contribution >= 4 is 11.6 Å². The van der Waals surface area contributed by atoms with Gasteiger partial charge in [-0.05, 0) is 12.8 Å². The van der Waals surface area contributed by atoms with Crippen molar-refractivity contribution in [1.82, 2.24) is 9.97 Å². The van der Waals surface area contributed by atoms with Gasteiger partial charge in [0.15, 0.2) is 0 Å². The number of aromatic nitrogens is 2. The Labute approximate surface area is 95.8 Å². The van der Waals surface area contributed by atoms with Crippen LogP contribution < -0.4 is 4.74 Å². The molecule has 0 aliphatic carbocycles. The summed E-state index contributed by atoms with van der Waals surface area (Å²) in [6.07, 6.45) is 2.27. The first-order valence-electron chi connectivity index (χ1n) is 5.21. The van der Waals surface area contributed by atoms with Crippen LogP contribution in [0, 0.1) is 5.92 Å². The van der Waals surface area contributed by atoms with E-state index in [1.807, 2.05) is 13.0 Å². The molecule has 0 aromatic carbocycles. The summed E-state index contributed by atoms with van der Waals surface area (Å²) in [6.45, 7) is 6.75. The maximum Gasteiger partial charge on any atom is 0.216 e. The molecule has 1 heterocycles. The summed E-state index contributed by atoms with van der Waals surface area (Å²) in [7, 11) is 0. The highest BCUT2D eigenvalue weighted by Gasteiger charge is 2.11. The maximum atomic E-state index is 6.18. The average molecular weight is 229 g/mol. The second-order valence-electron chi connectivity index (χ2n) is 3.74. The molecular weight excluding hydrogens is 212 g/mol. The molecule has 0 radical (unpaired) electrons. The summed E-state index contributed by atoms with van der Waals surface area (Å²) in [4.78, 5) is 8.17. The number of alkyl halides is 1. The van der Waals surface area contributed by atoms with Crippen LogP contribution in [0.3, 0.4) is 0 Å². The minimum atomic E-state index is 0.106. The van der Waals surface area contributed by atoms with Crippen molar-refractivity contribution in [2.75, 3.05) is 6.61 Å². The van der Waals surface area contributed by atoms with Crippen LogP contribution in [0.25, 0.3) is 0 Å². The van der Waals surface area contributed by atoms with Crippen molar-refractivity contribution in [2.45, 2.75) is 32.6 Å². The third-order valence-corrected chi connectivity index (χ3v) is 2.78. The van der Waals surface area contributed by atoms with Crippen LogP contribution >= 0.6 is 11.6 Å². The van der Waals surface area contributed by atoms with Crippen LogP contribution in [0.2, 0.25) is 0 Å². The molecule has 1 aromatic rings. The molecule has 1 rings (SSSR count). The van der Waals surface area contributed by atoms with Gasteiger partial charge in [-0.3, -0.25) is 0 Å². The fourth-order valence-electron chi connectivity index (χ4n) is 1.15. The summed E-state index contributed by atoms with van der Waals surface area (Å²) < 4.78 is 5.29. The molecule has 0 fully saturated rings. The maximum absolute atomic E-state index is 6.18. The van der Waals surface area contributed by atoms with Crippen LogP contribution in [0.4, 0.5) is 0 Å². The normalized spacial score (nSPS) is 12.9. The smallest absolute Gasteiger partial charge is 0.216 e. The molecule has 0 aliphatic heterocycles. The summed E-state index contributed by atoms with van der Waals surface area (Å²) in [5.41, 5.74) is 0.933. The van der Waals surface area contributed by atoms with E-state index in [4.69, 9.17) is 16.3 Å². The molecule has 0 spiro atoms. The lowest BCUT2D eigenvalue weighted by Crippen LogP contribution is -2.12. The fourth-order valence-corrected chi connectivity index (χ4v) is 1.31. The first-order valence-corrected chi connectivity index (χ1v) is 5.65. The molecule has 1 aromatic heterocycles. The van der Waals surface area contributed by atoms with Gasteiger partial charge in [-0.1, -0.05) is 13.8 Å². The minimum absolute atomic E-state index is 0.106. The Balaban J connectivity index is 2.64. The van der Waals surface area contributed by atoms with E-state index in [9.17, 15) is 0 Å². The zero-order valence-electron chi connectivity index (χ0n) is 9.40. The number of rotatable bonds is 5. The van der Waals surface area contributed by atoms with Gasteiger partial charge < -0.3 is 4.74 Å². The Bertz CT molecular complexity index is 304. The zero-order valence-corrected chi connectivity index (χ0v) is 10.2. The lowest BCUT2D eigenvalue weighted by atomic mass is 10.1. The van der Waals surface area contributed by atoms with Crippen molar-refractivity contribution in [2.24, 2.45) is 5.92 Å². The molecule has 0 saturated heterocycles. The van der Waals surface area contributed by atoms with E-state index >= 15 is 0 Å². The summed E-state index contributed by atoms with van der Waals surface area (Å²) in [5.74, 6) is 1.06. The molecule has 15 heavy (non-hydrogen) atoms. The van der Waals surface area contributed by atoms with Crippen LogP contribution in [0.1, 0.15) is 26.5 Å². The van der Waals surface area contributed by atoms with E-state index in [2.05, 4.69) is 23.8 Å². The zero-order chi connectivity index (χ0) is 11.3. The number of hydrogen-bond donors (Lipinski definition) is 0. The van der Waals surface area contributed by atoms with Crippen LogP contribution in [0.5, 0.6) is 5.88 Å². The Morgan fingerprint density at radius 2 is 2.13 bits per heavy atom. The molecule has 1 atom stereocenters. The Morgan fingerprint density at radius 3 is 2.73 bits per heavy atom. The van der Waals surface area contributed by atoms with Gasteiger partial charge in [-0.15, -0.1) is 11.6 Å². The lowest BCUT2D eigenvalue weighted by molar-refractivity contribution is 0.325. The predicted molar refractivity (Wildman–Crippen MR) is 61.4 cm³/mol. The predicted octanol–water partition coefficient (Wildman–Crippen LogP) is 2.68.